The number of fused-ring (bicyclic) bond motifs is 2. The van der Waals surface area contributed by atoms with Crippen LogP contribution in [0.5, 0.6) is 11.5 Å². The quantitative estimate of drug-likeness (QED) is 0.885. The third-order valence-electron chi connectivity index (χ3n) is 4.65. The molecule has 1 N–H and O–H groups in total. The Morgan fingerprint density at radius 1 is 1.25 bits per heavy atom. The van der Waals surface area contributed by atoms with Crippen LogP contribution in [-0.4, -0.2) is 19.1 Å². The molecule has 0 saturated heterocycles. The lowest BCUT2D eigenvalue weighted by atomic mass is 9.88. The van der Waals surface area contributed by atoms with E-state index in [1.165, 1.54) is 10.4 Å². The summed E-state index contributed by atoms with van der Waals surface area (Å²) in [5, 5.41) is 5.01. The van der Waals surface area contributed by atoms with E-state index < -0.39 is 0 Å². The fourth-order valence-corrected chi connectivity index (χ4v) is 4.55. The van der Waals surface area contributed by atoms with Crippen LogP contribution >= 0.6 is 11.3 Å². The molecular formula is C19H21NO3S. The third kappa shape index (κ3) is 3.00. The second kappa shape index (κ2) is 6.48. The van der Waals surface area contributed by atoms with Gasteiger partial charge in [-0.25, -0.2) is 0 Å². The molecule has 1 aromatic carbocycles. The average molecular weight is 343 g/mol. The number of carbonyl (C=O) groups excluding carboxylic acids is 1. The smallest absolute Gasteiger partial charge is 0.256 e. The van der Waals surface area contributed by atoms with Crippen molar-refractivity contribution in [2.45, 2.75) is 32.6 Å². The highest BCUT2D eigenvalue weighted by Crippen LogP contribution is 2.35. The van der Waals surface area contributed by atoms with Crippen molar-refractivity contribution < 1.29 is 14.3 Å². The number of benzene rings is 1. The van der Waals surface area contributed by atoms with E-state index >= 15 is 0 Å². The summed E-state index contributed by atoms with van der Waals surface area (Å²) < 4.78 is 11.3. The highest BCUT2D eigenvalue weighted by molar-refractivity contribution is 7.10. The van der Waals surface area contributed by atoms with Gasteiger partial charge in [-0.3, -0.25) is 4.79 Å². The molecule has 5 heteroatoms. The van der Waals surface area contributed by atoms with Gasteiger partial charge < -0.3 is 14.8 Å². The molecule has 2 aliphatic rings. The molecule has 0 bridgehead atoms. The number of amides is 1. The van der Waals surface area contributed by atoms with Crippen LogP contribution in [-0.2, 0) is 12.8 Å². The Balaban J connectivity index is 1.54. The fourth-order valence-electron chi connectivity index (χ4n) is 3.31. The molecule has 0 radical (unpaired) electrons. The second-order valence-corrected chi connectivity index (χ2v) is 7.53. The summed E-state index contributed by atoms with van der Waals surface area (Å²) in [4.78, 5) is 14.1. The molecular weight excluding hydrogens is 322 g/mol. The Morgan fingerprint density at radius 3 is 2.96 bits per heavy atom. The minimum atomic E-state index is -0.0310. The van der Waals surface area contributed by atoms with Crippen LogP contribution in [0.4, 0.5) is 5.69 Å². The minimum Gasteiger partial charge on any atom is -0.490 e. The number of hydrogen-bond acceptors (Lipinski definition) is 4. The first kappa shape index (κ1) is 15.5. The number of rotatable bonds is 2. The Bertz CT molecular complexity index is 768. The fraction of sp³-hybridized carbons (Fsp3) is 0.421. The molecule has 1 aliphatic carbocycles. The molecule has 2 heterocycles. The predicted molar refractivity (Wildman–Crippen MR) is 95.5 cm³/mol. The number of anilines is 1. The Morgan fingerprint density at radius 2 is 2.08 bits per heavy atom. The summed E-state index contributed by atoms with van der Waals surface area (Å²) in [6, 6.07) is 5.58. The van der Waals surface area contributed by atoms with E-state index in [9.17, 15) is 4.79 Å². The van der Waals surface area contributed by atoms with E-state index in [1.807, 2.05) is 23.6 Å². The molecule has 1 atom stereocenters. The summed E-state index contributed by atoms with van der Waals surface area (Å²) in [7, 11) is 0. The SMILES string of the molecule is CC1CCc2c(C(=O)Nc3ccc4c(c3)OCCCO4)csc2C1. The zero-order valence-electron chi connectivity index (χ0n) is 13.8. The van der Waals surface area contributed by atoms with Gasteiger partial charge >= 0.3 is 0 Å². The molecule has 0 spiro atoms. The van der Waals surface area contributed by atoms with Crippen molar-refractivity contribution >= 4 is 22.9 Å². The van der Waals surface area contributed by atoms with Crippen LogP contribution in [0.25, 0.3) is 0 Å². The standard InChI is InChI=1S/C19H21NO3S/c1-12-3-5-14-15(11-24-18(14)9-12)19(21)20-13-4-6-16-17(10-13)23-8-2-7-22-16/h4,6,10-12H,2-3,5,7-9H2,1H3,(H,20,21). The van der Waals surface area contributed by atoms with Crippen molar-refractivity contribution in [3.8, 4) is 11.5 Å². The highest BCUT2D eigenvalue weighted by atomic mass is 32.1. The molecule has 24 heavy (non-hydrogen) atoms. The first-order valence-electron chi connectivity index (χ1n) is 8.51. The molecule has 4 nitrogen and oxygen atoms in total. The number of nitrogens with one attached hydrogen (secondary N) is 1. The number of carbonyl (C=O) groups is 1. The lowest BCUT2D eigenvalue weighted by molar-refractivity contribution is 0.102. The number of hydrogen-bond donors (Lipinski definition) is 1. The van der Waals surface area contributed by atoms with E-state index in [-0.39, 0.29) is 5.91 Å². The van der Waals surface area contributed by atoms with E-state index in [4.69, 9.17) is 9.47 Å². The Hall–Kier alpha value is -2.01. The summed E-state index contributed by atoms with van der Waals surface area (Å²) in [6.07, 6.45) is 4.13. The van der Waals surface area contributed by atoms with Gasteiger partial charge in [0, 0.05) is 28.4 Å². The first-order chi connectivity index (χ1) is 11.7. The Labute approximate surface area is 145 Å². The van der Waals surface area contributed by atoms with Gasteiger partial charge in [0.2, 0.25) is 0 Å². The van der Waals surface area contributed by atoms with Gasteiger partial charge in [-0.2, -0.15) is 0 Å². The van der Waals surface area contributed by atoms with Gasteiger partial charge in [0.1, 0.15) is 0 Å². The molecule has 126 valence electrons. The van der Waals surface area contributed by atoms with Gasteiger partial charge in [-0.15, -0.1) is 11.3 Å². The summed E-state index contributed by atoms with van der Waals surface area (Å²) in [6.45, 7) is 3.58. The maximum atomic E-state index is 12.7. The van der Waals surface area contributed by atoms with Crippen LogP contribution in [0.3, 0.4) is 0 Å². The molecule has 1 amide bonds. The third-order valence-corrected chi connectivity index (χ3v) is 5.70. The largest absolute Gasteiger partial charge is 0.490 e. The monoisotopic (exact) mass is 343 g/mol. The molecule has 4 rings (SSSR count). The van der Waals surface area contributed by atoms with Crippen LogP contribution in [0.1, 0.15) is 40.6 Å². The second-order valence-electron chi connectivity index (χ2n) is 6.57. The van der Waals surface area contributed by atoms with Crippen molar-refractivity contribution in [2.24, 2.45) is 5.92 Å². The molecule has 1 aromatic heterocycles. The summed E-state index contributed by atoms with van der Waals surface area (Å²) in [5.74, 6) is 2.13. The number of ether oxygens (including phenoxy) is 2. The number of thiophene rings is 1. The zero-order chi connectivity index (χ0) is 16.5. The van der Waals surface area contributed by atoms with E-state index in [0.717, 1.165) is 42.7 Å². The predicted octanol–water partition coefficient (Wildman–Crippen LogP) is 4.29. The zero-order valence-corrected chi connectivity index (χ0v) is 14.6. The van der Waals surface area contributed by atoms with Gasteiger partial charge in [-0.1, -0.05) is 6.92 Å². The van der Waals surface area contributed by atoms with E-state index in [2.05, 4.69) is 12.2 Å². The van der Waals surface area contributed by atoms with Crippen molar-refractivity contribution in [2.75, 3.05) is 18.5 Å². The van der Waals surface area contributed by atoms with Gasteiger partial charge in [0.05, 0.1) is 18.8 Å². The molecule has 0 fully saturated rings. The average Bonchev–Trinajstić information content (AvgIpc) is 2.84. The molecule has 2 aromatic rings. The lowest BCUT2D eigenvalue weighted by Gasteiger charge is -2.19. The van der Waals surface area contributed by atoms with E-state index in [1.54, 1.807) is 11.3 Å². The Kier molecular flexibility index (Phi) is 4.19. The van der Waals surface area contributed by atoms with Gasteiger partial charge in [0.25, 0.3) is 5.91 Å². The first-order valence-corrected chi connectivity index (χ1v) is 9.39. The normalized spacial score (nSPS) is 19.3. The maximum absolute atomic E-state index is 12.7. The van der Waals surface area contributed by atoms with Gasteiger partial charge in [0.15, 0.2) is 11.5 Å². The highest BCUT2D eigenvalue weighted by Gasteiger charge is 2.23. The molecule has 1 aliphatic heterocycles. The summed E-state index contributed by atoms with van der Waals surface area (Å²) >= 11 is 1.71. The van der Waals surface area contributed by atoms with Crippen LogP contribution in [0.2, 0.25) is 0 Å². The van der Waals surface area contributed by atoms with Crippen molar-refractivity contribution in [3.63, 3.8) is 0 Å². The van der Waals surface area contributed by atoms with Gasteiger partial charge in [-0.05, 0) is 42.9 Å². The van der Waals surface area contributed by atoms with Crippen LogP contribution < -0.4 is 14.8 Å². The molecule has 0 saturated carbocycles. The maximum Gasteiger partial charge on any atom is 0.256 e. The topological polar surface area (TPSA) is 47.6 Å². The van der Waals surface area contributed by atoms with Crippen LogP contribution in [0, 0.1) is 5.92 Å². The molecule has 1 unspecified atom stereocenters. The van der Waals surface area contributed by atoms with Crippen molar-refractivity contribution in [1.82, 2.24) is 0 Å². The van der Waals surface area contributed by atoms with Crippen LogP contribution in [0.15, 0.2) is 23.6 Å². The summed E-state index contributed by atoms with van der Waals surface area (Å²) in [5.41, 5.74) is 2.81. The van der Waals surface area contributed by atoms with E-state index in [0.29, 0.717) is 24.9 Å². The van der Waals surface area contributed by atoms with Crippen molar-refractivity contribution in [1.29, 1.82) is 0 Å². The lowest BCUT2D eigenvalue weighted by Crippen LogP contribution is -2.16. The van der Waals surface area contributed by atoms with Crippen molar-refractivity contribution in [3.05, 3.63) is 39.6 Å². The minimum absolute atomic E-state index is 0.0310.